The Balaban J connectivity index is 1.38. The summed E-state index contributed by atoms with van der Waals surface area (Å²) < 4.78 is 6.30. The zero-order chi connectivity index (χ0) is 24.4. The van der Waals surface area contributed by atoms with Crippen molar-refractivity contribution in [2.45, 2.75) is 69.1 Å². The van der Waals surface area contributed by atoms with Crippen LogP contribution in [0.25, 0.3) is 10.9 Å². The molecule has 1 aromatic carbocycles. The molecule has 0 radical (unpaired) electrons. The molecule has 2 aromatic rings. The summed E-state index contributed by atoms with van der Waals surface area (Å²) in [6, 6.07) is 8.70. The maximum Gasteiger partial charge on any atom is 0.330 e. The lowest BCUT2D eigenvalue weighted by atomic mass is 10.1. The summed E-state index contributed by atoms with van der Waals surface area (Å²) in [4.78, 5) is 44.6. The van der Waals surface area contributed by atoms with E-state index in [9.17, 15) is 19.5 Å². The van der Waals surface area contributed by atoms with Gasteiger partial charge in [-0.3, -0.25) is 14.6 Å². The van der Waals surface area contributed by atoms with Crippen molar-refractivity contribution in [1.29, 1.82) is 0 Å². The predicted octanol–water partition coefficient (Wildman–Crippen LogP) is 3.45. The maximum absolute atomic E-state index is 13.4. The number of ether oxygens (including phenoxy) is 1. The number of rotatable bonds is 3. The van der Waals surface area contributed by atoms with Crippen LogP contribution < -0.4 is 10.1 Å². The van der Waals surface area contributed by atoms with Crippen LogP contribution in [0.2, 0.25) is 0 Å². The van der Waals surface area contributed by atoms with E-state index in [0.29, 0.717) is 25.0 Å². The molecule has 0 spiro atoms. The average molecular weight is 478 g/mol. The van der Waals surface area contributed by atoms with E-state index < -0.39 is 23.5 Å². The van der Waals surface area contributed by atoms with Crippen LogP contribution in [0.1, 0.15) is 51.4 Å². The third-order valence-corrected chi connectivity index (χ3v) is 7.41. The van der Waals surface area contributed by atoms with Crippen molar-refractivity contribution in [3.63, 3.8) is 0 Å². The summed E-state index contributed by atoms with van der Waals surface area (Å²) >= 11 is 0. The third kappa shape index (κ3) is 4.74. The number of pyridine rings is 1. The Bertz CT molecular complexity index is 1160. The molecule has 2 N–H and O–H groups in total. The van der Waals surface area contributed by atoms with Crippen LogP contribution in [0.5, 0.6) is 5.75 Å². The molecule has 2 aliphatic heterocycles. The molecular weight excluding hydrogens is 446 g/mol. The number of carboxylic acids is 1. The maximum atomic E-state index is 13.4. The molecule has 0 bridgehead atoms. The first-order chi connectivity index (χ1) is 17.0. The molecular formula is C27H31N3O5. The second-order valence-corrected chi connectivity index (χ2v) is 9.82. The Morgan fingerprint density at radius 1 is 1.14 bits per heavy atom. The minimum atomic E-state index is -1.29. The monoisotopic (exact) mass is 477 g/mol. The van der Waals surface area contributed by atoms with Gasteiger partial charge in [-0.05, 0) is 43.9 Å². The highest BCUT2D eigenvalue weighted by molar-refractivity contribution is 5.95. The van der Waals surface area contributed by atoms with Gasteiger partial charge in [0.2, 0.25) is 11.8 Å². The number of para-hydroxylation sites is 1. The smallest absolute Gasteiger partial charge is 0.330 e. The van der Waals surface area contributed by atoms with Crippen molar-refractivity contribution in [1.82, 2.24) is 15.2 Å². The highest BCUT2D eigenvalue weighted by Crippen LogP contribution is 2.45. The number of hydrogen-bond donors (Lipinski definition) is 2. The molecule has 2 amide bonds. The zero-order valence-corrected chi connectivity index (χ0v) is 19.7. The Kier molecular flexibility index (Phi) is 6.45. The van der Waals surface area contributed by atoms with Gasteiger partial charge in [-0.2, -0.15) is 0 Å². The fourth-order valence-electron chi connectivity index (χ4n) is 5.32. The first kappa shape index (κ1) is 23.3. The molecule has 184 valence electrons. The van der Waals surface area contributed by atoms with E-state index in [2.05, 4.69) is 10.3 Å². The quantitative estimate of drug-likeness (QED) is 0.656. The van der Waals surface area contributed by atoms with Gasteiger partial charge in [0, 0.05) is 30.3 Å². The van der Waals surface area contributed by atoms with Gasteiger partial charge in [0.15, 0.2) is 0 Å². The van der Waals surface area contributed by atoms with Gasteiger partial charge in [-0.1, -0.05) is 37.1 Å². The number of allylic oxidation sites excluding steroid dienone is 1. The van der Waals surface area contributed by atoms with E-state index in [0.717, 1.165) is 43.0 Å². The number of hydrogen-bond acceptors (Lipinski definition) is 5. The van der Waals surface area contributed by atoms with E-state index in [1.54, 1.807) is 17.2 Å². The summed E-state index contributed by atoms with van der Waals surface area (Å²) in [5.41, 5.74) is -0.481. The predicted molar refractivity (Wildman–Crippen MR) is 130 cm³/mol. The third-order valence-electron chi connectivity index (χ3n) is 7.41. The first-order valence-corrected chi connectivity index (χ1v) is 12.5. The number of aromatic nitrogens is 1. The van der Waals surface area contributed by atoms with Gasteiger partial charge < -0.3 is 20.1 Å². The lowest BCUT2D eigenvalue weighted by Crippen LogP contribution is -2.53. The molecule has 3 aliphatic rings. The number of carboxylic acid groups (broad SMARTS) is 1. The number of benzene rings is 1. The van der Waals surface area contributed by atoms with E-state index >= 15 is 0 Å². The van der Waals surface area contributed by atoms with Gasteiger partial charge in [0.25, 0.3) is 0 Å². The molecule has 5 rings (SSSR count). The second kappa shape index (κ2) is 9.68. The fraction of sp³-hybridized carbons (Fsp3) is 0.481. The second-order valence-electron chi connectivity index (χ2n) is 9.82. The highest BCUT2D eigenvalue weighted by atomic mass is 16.5. The molecule has 2 fully saturated rings. The van der Waals surface area contributed by atoms with Gasteiger partial charge >= 0.3 is 5.97 Å². The Labute approximate surface area is 204 Å². The van der Waals surface area contributed by atoms with Gasteiger partial charge in [0.1, 0.15) is 23.4 Å². The van der Waals surface area contributed by atoms with Crippen molar-refractivity contribution >= 4 is 28.7 Å². The molecule has 1 aliphatic carbocycles. The SMILES string of the molecule is O=C1N[C@]2(C(=O)O)C[C@@H]2/C=C/CCCCCCC(=O)N2C[C@H](Oc3ccnc4ccccc34)C[C@@H]12. The Morgan fingerprint density at radius 3 is 2.83 bits per heavy atom. The summed E-state index contributed by atoms with van der Waals surface area (Å²) in [7, 11) is 0. The van der Waals surface area contributed by atoms with Crippen LogP contribution in [0.15, 0.2) is 48.7 Å². The molecule has 0 unspecified atom stereocenters. The molecule has 1 saturated carbocycles. The van der Waals surface area contributed by atoms with Crippen molar-refractivity contribution < 1.29 is 24.2 Å². The number of carbonyl (C=O) groups is 3. The Hall–Kier alpha value is -3.42. The van der Waals surface area contributed by atoms with Gasteiger partial charge in [-0.25, -0.2) is 4.79 Å². The van der Waals surface area contributed by atoms with Crippen LogP contribution in [-0.2, 0) is 14.4 Å². The summed E-state index contributed by atoms with van der Waals surface area (Å²) in [6.45, 7) is 0.289. The van der Waals surface area contributed by atoms with Crippen LogP contribution in [0.3, 0.4) is 0 Å². The average Bonchev–Trinajstić information content (AvgIpc) is 3.38. The molecule has 8 heteroatoms. The topological polar surface area (TPSA) is 109 Å². The standard InChI is InChI=1S/C27H31N3O5/c31-24-12-6-4-2-1-3-5-9-18-16-27(18,26(33)34)29-25(32)22-15-19(17-30(22)24)35-23-13-14-28-21-11-8-7-10-20(21)23/h5,7-11,13-14,18-19,22H,1-4,6,12,15-17H2,(H,29,32)(H,33,34)/b9-5+/t18-,19+,22-,27+/m0/s1. The number of nitrogens with zero attached hydrogens (tertiary/aromatic N) is 2. The van der Waals surface area contributed by atoms with E-state index in [-0.39, 0.29) is 24.5 Å². The number of amides is 2. The minimum absolute atomic E-state index is 0.0828. The van der Waals surface area contributed by atoms with Gasteiger partial charge in [-0.15, -0.1) is 0 Å². The molecule has 35 heavy (non-hydrogen) atoms. The van der Waals surface area contributed by atoms with Crippen molar-refractivity contribution in [3.05, 3.63) is 48.7 Å². The number of carbonyl (C=O) groups excluding carboxylic acids is 2. The lowest BCUT2D eigenvalue weighted by Gasteiger charge is -2.25. The van der Waals surface area contributed by atoms with Crippen molar-refractivity contribution in [2.75, 3.05) is 6.54 Å². The van der Waals surface area contributed by atoms with Gasteiger partial charge in [0.05, 0.1) is 12.1 Å². The van der Waals surface area contributed by atoms with Crippen LogP contribution in [-0.4, -0.2) is 57.0 Å². The minimum Gasteiger partial charge on any atom is -0.488 e. The van der Waals surface area contributed by atoms with E-state index in [4.69, 9.17) is 4.74 Å². The summed E-state index contributed by atoms with van der Waals surface area (Å²) in [5.74, 6) is -1.10. The first-order valence-electron chi connectivity index (χ1n) is 12.5. The Morgan fingerprint density at radius 2 is 1.97 bits per heavy atom. The lowest BCUT2D eigenvalue weighted by molar-refractivity contribution is -0.145. The van der Waals surface area contributed by atoms with Crippen molar-refractivity contribution in [3.8, 4) is 5.75 Å². The van der Waals surface area contributed by atoms with Crippen molar-refractivity contribution in [2.24, 2.45) is 5.92 Å². The highest BCUT2D eigenvalue weighted by Gasteiger charge is 2.61. The zero-order valence-electron chi connectivity index (χ0n) is 19.7. The van der Waals surface area contributed by atoms with Crippen LogP contribution in [0.4, 0.5) is 0 Å². The normalized spacial score (nSPS) is 30.4. The van der Waals surface area contributed by atoms with E-state index in [1.165, 1.54) is 0 Å². The molecule has 1 aromatic heterocycles. The number of nitrogens with one attached hydrogen (secondary N) is 1. The summed E-state index contributed by atoms with van der Waals surface area (Å²) in [5, 5.41) is 13.5. The molecule has 8 nitrogen and oxygen atoms in total. The largest absolute Gasteiger partial charge is 0.488 e. The fourth-order valence-corrected chi connectivity index (χ4v) is 5.32. The van der Waals surface area contributed by atoms with Crippen LogP contribution >= 0.6 is 0 Å². The molecule has 3 heterocycles. The summed E-state index contributed by atoms with van der Waals surface area (Å²) in [6.07, 6.45) is 10.9. The molecule has 1 saturated heterocycles. The van der Waals surface area contributed by atoms with E-state index in [1.807, 2.05) is 36.4 Å². The number of fused-ring (bicyclic) bond motifs is 3. The molecule has 4 atom stereocenters. The number of aliphatic carboxylic acids is 1. The van der Waals surface area contributed by atoms with Crippen LogP contribution in [0, 0.1) is 5.92 Å².